The number of anilines is 1. The van der Waals surface area contributed by atoms with Crippen molar-refractivity contribution in [1.82, 2.24) is 4.72 Å². The van der Waals surface area contributed by atoms with Crippen LogP contribution in [-0.2, 0) is 21.4 Å². The SMILES string of the molecule is CC[C@@H](N[S+]([O-])C(C)(C)C)c1ccc(NS(C)(=O)=O)c(C)c1. The number of rotatable bonds is 6. The largest absolute Gasteiger partial charge is 0.598 e. The molecule has 0 bridgehead atoms. The van der Waals surface area contributed by atoms with E-state index in [1.807, 2.05) is 46.8 Å². The summed E-state index contributed by atoms with van der Waals surface area (Å²) in [5.74, 6) is 0. The van der Waals surface area contributed by atoms with Gasteiger partial charge in [-0.05, 0) is 51.3 Å². The molecule has 2 atom stereocenters. The van der Waals surface area contributed by atoms with Crippen molar-refractivity contribution in [3.05, 3.63) is 29.3 Å². The maximum absolute atomic E-state index is 12.3. The lowest BCUT2D eigenvalue weighted by Gasteiger charge is -2.28. The lowest BCUT2D eigenvalue weighted by Crippen LogP contribution is -2.41. The van der Waals surface area contributed by atoms with E-state index in [1.54, 1.807) is 6.07 Å². The first-order valence-corrected chi connectivity index (χ1v) is 10.2. The Labute approximate surface area is 137 Å². The second kappa shape index (κ2) is 7.21. The van der Waals surface area contributed by atoms with Gasteiger partial charge in [0, 0.05) is 11.4 Å². The van der Waals surface area contributed by atoms with Gasteiger partial charge in [0.05, 0.1) is 18.0 Å². The quantitative estimate of drug-likeness (QED) is 0.776. The molecule has 0 saturated heterocycles. The molecular formula is C15H26N2O3S2. The van der Waals surface area contributed by atoms with E-state index in [1.165, 1.54) is 0 Å². The fourth-order valence-electron chi connectivity index (χ4n) is 1.91. The highest BCUT2D eigenvalue weighted by Gasteiger charge is 2.29. The van der Waals surface area contributed by atoms with E-state index in [2.05, 4.69) is 9.44 Å². The van der Waals surface area contributed by atoms with Crippen LogP contribution in [0.5, 0.6) is 0 Å². The van der Waals surface area contributed by atoms with Crippen LogP contribution >= 0.6 is 0 Å². The van der Waals surface area contributed by atoms with E-state index in [-0.39, 0.29) is 10.8 Å². The molecule has 1 unspecified atom stereocenters. The lowest BCUT2D eigenvalue weighted by molar-refractivity contribution is 0.518. The predicted octanol–water partition coefficient (Wildman–Crippen LogP) is 2.87. The van der Waals surface area contributed by atoms with Gasteiger partial charge in [-0.2, -0.15) is 0 Å². The molecule has 0 heterocycles. The Hall–Kier alpha value is -0.760. The van der Waals surface area contributed by atoms with Gasteiger partial charge in [-0.3, -0.25) is 4.72 Å². The molecule has 0 aliphatic rings. The van der Waals surface area contributed by atoms with Crippen molar-refractivity contribution >= 4 is 27.1 Å². The van der Waals surface area contributed by atoms with Gasteiger partial charge >= 0.3 is 0 Å². The number of benzene rings is 1. The van der Waals surface area contributed by atoms with E-state index in [4.69, 9.17) is 0 Å². The van der Waals surface area contributed by atoms with Crippen molar-refractivity contribution in [2.45, 2.75) is 51.8 Å². The van der Waals surface area contributed by atoms with Crippen LogP contribution < -0.4 is 9.44 Å². The van der Waals surface area contributed by atoms with E-state index in [9.17, 15) is 13.0 Å². The lowest BCUT2D eigenvalue weighted by atomic mass is 10.0. The minimum Gasteiger partial charge on any atom is -0.598 e. The van der Waals surface area contributed by atoms with Crippen LogP contribution in [0.3, 0.4) is 0 Å². The molecule has 0 aromatic heterocycles. The Kier molecular flexibility index (Phi) is 6.32. The molecule has 1 rings (SSSR count). The van der Waals surface area contributed by atoms with Crippen molar-refractivity contribution < 1.29 is 13.0 Å². The molecule has 2 N–H and O–H groups in total. The average Bonchev–Trinajstić information content (AvgIpc) is 2.35. The molecular weight excluding hydrogens is 320 g/mol. The van der Waals surface area contributed by atoms with Crippen molar-refractivity contribution in [2.24, 2.45) is 0 Å². The average molecular weight is 347 g/mol. The molecule has 0 radical (unpaired) electrons. The number of nitrogens with one attached hydrogen (secondary N) is 2. The number of hydrogen-bond donors (Lipinski definition) is 2. The molecule has 126 valence electrons. The molecule has 5 nitrogen and oxygen atoms in total. The standard InChI is InChI=1S/C15H26N2O3S2/c1-7-13(16-21(18)15(3,4)5)12-8-9-14(11(2)10-12)17-22(6,19)20/h8-10,13,16-17H,7H2,1-6H3/t13-,21?/m1/s1. The number of aryl methyl sites for hydroxylation is 1. The monoisotopic (exact) mass is 346 g/mol. The van der Waals surface area contributed by atoms with Gasteiger partial charge in [-0.15, -0.1) is 4.72 Å². The van der Waals surface area contributed by atoms with Crippen molar-refractivity contribution in [2.75, 3.05) is 11.0 Å². The molecule has 0 aliphatic heterocycles. The normalized spacial score (nSPS) is 15.4. The highest BCUT2D eigenvalue weighted by Crippen LogP contribution is 2.26. The Morgan fingerprint density at radius 3 is 2.32 bits per heavy atom. The smallest absolute Gasteiger partial charge is 0.229 e. The molecule has 22 heavy (non-hydrogen) atoms. The Bertz CT molecular complexity index is 610. The van der Waals surface area contributed by atoms with Crippen LogP contribution in [0, 0.1) is 6.92 Å². The molecule has 0 amide bonds. The van der Waals surface area contributed by atoms with Gasteiger partial charge in [0.15, 0.2) is 0 Å². The fourth-order valence-corrected chi connectivity index (χ4v) is 3.45. The van der Waals surface area contributed by atoms with E-state index in [0.717, 1.165) is 23.8 Å². The molecule has 0 saturated carbocycles. The Morgan fingerprint density at radius 1 is 1.32 bits per heavy atom. The Morgan fingerprint density at radius 2 is 1.91 bits per heavy atom. The summed E-state index contributed by atoms with van der Waals surface area (Å²) in [6, 6.07) is 5.50. The minimum absolute atomic E-state index is 0.0361. The van der Waals surface area contributed by atoms with Gasteiger partial charge < -0.3 is 4.55 Å². The summed E-state index contributed by atoms with van der Waals surface area (Å²) >= 11 is -1.16. The van der Waals surface area contributed by atoms with E-state index in [0.29, 0.717) is 5.69 Å². The fraction of sp³-hybridized carbons (Fsp3) is 0.600. The van der Waals surface area contributed by atoms with Gasteiger partial charge in [-0.25, -0.2) is 8.42 Å². The number of sulfonamides is 1. The van der Waals surface area contributed by atoms with E-state index < -0.39 is 21.4 Å². The third-order valence-corrected chi connectivity index (χ3v) is 5.36. The molecule has 0 aliphatic carbocycles. The minimum atomic E-state index is -3.29. The summed E-state index contributed by atoms with van der Waals surface area (Å²) in [6.07, 6.45) is 1.92. The third kappa shape index (κ3) is 5.79. The number of hydrogen-bond acceptors (Lipinski definition) is 4. The molecule has 1 aromatic carbocycles. The zero-order valence-corrected chi connectivity index (χ0v) is 15.7. The van der Waals surface area contributed by atoms with Crippen LogP contribution in [0.1, 0.15) is 51.3 Å². The van der Waals surface area contributed by atoms with Crippen LogP contribution in [0.4, 0.5) is 5.69 Å². The summed E-state index contributed by atoms with van der Waals surface area (Å²) in [5.41, 5.74) is 2.40. The van der Waals surface area contributed by atoms with Gasteiger partial charge in [0.25, 0.3) is 0 Å². The first-order chi connectivity index (χ1) is 9.94. The zero-order valence-electron chi connectivity index (χ0n) is 14.1. The van der Waals surface area contributed by atoms with Gasteiger partial charge in [-0.1, -0.05) is 19.1 Å². The molecule has 1 aromatic rings. The third-order valence-electron chi connectivity index (χ3n) is 3.16. The van der Waals surface area contributed by atoms with Gasteiger partial charge in [0.1, 0.15) is 4.75 Å². The maximum atomic E-state index is 12.3. The summed E-state index contributed by atoms with van der Waals surface area (Å²) in [5, 5.41) is 0. The summed E-state index contributed by atoms with van der Waals surface area (Å²) in [7, 11) is -3.29. The zero-order chi connectivity index (χ0) is 17.1. The van der Waals surface area contributed by atoms with Crippen molar-refractivity contribution in [3.8, 4) is 0 Å². The van der Waals surface area contributed by atoms with Crippen molar-refractivity contribution in [3.63, 3.8) is 0 Å². The first-order valence-electron chi connectivity index (χ1n) is 7.20. The molecule has 7 heteroatoms. The first kappa shape index (κ1) is 19.3. The Balaban J connectivity index is 2.98. The summed E-state index contributed by atoms with van der Waals surface area (Å²) in [6.45, 7) is 9.65. The predicted molar refractivity (Wildman–Crippen MR) is 93.7 cm³/mol. The van der Waals surface area contributed by atoms with Crippen LogP contribution in [0.2, 0.25) is 0 Å². The van der Waals surface area contributed by atoms with Crippen LogP contribution in [-0.4, -0.2) is 24.0 Å². The summed E-state index contributed by atoms with van der Waals surface area (Å²) < 4.78 is 40.2. The second-order valence-corrected chi connectivity index (χ2v) is 10.2. The topological polar surface area (TPSA) is 81.3 Å². The second-order valence-electron chi connectivity index (χ2n) is 6.41. The van der Waals surface area contributed by atoms with E-state index >= 15 is 0 Å². The molecule has 0 fully saturated rings. The van der Waals surface area contributed by atoms with Crippen LogP contribution in [0.15, 0.2) is 18.2 Å². The highest BCUT2D eigenvalue weighted by molar-refractivity contribution is 7.92. The summed E-state index contributed by atoms with van der Waals surface area (Å²) in [4.78, 5) is 0. The van der Waals surface area contributed by atoms with Gasteiger partial charge in [0.2, 0.25) is 10.0 Å². The molecule has 0 spiro atoms. The van der Waals surface area contributed by atoms with Crippen molar-refractivity contribution in [1.29, 1.82) is 0 Å². The highest BCUT2D eigenvalue weighted by atomic mass is 32.2. The van der Waals surface area contributed by atoms with Crippen LogP contribution in [0.25, 0.3) is 0 Å². The maximum Gasteiger partial charge on any atom is 0.229 e.